The normalized spacial score (nSPS) is 18.1. The Morgan fingerprint density at radius 3 is 2.52 bits per heavy atom. The molecule has 1 aromatic heterocycles. The fourth-order valence-electron chi connectivity index (χ4n) is 3.44. The van der Waals surface area contributed by atoms with E-state index < -0.39 is 5.97 Å². The Kier molecular flexibility index (Phi) is 4.94. The Morgan fingerprint density at radius 1 is 1.43 bits per heavy atom. The van der Waals surface area contributed by atoms with Crippen molar-refractivity contribution in [2.45, 2.75) is 57.5 Å². The standard InChI is InChI=1S/C15H24ClN3O2/c1-11-12(14(16)19(3)17-11)10-18(2)15(9-13(20)21)7-5-4-6-8-15/h4-10H2,1-3H3,(H,20,21). The van der Waals surface area contributed by atoms with E-state index in [1.807, 2.05) is 21.0 Å². The van der Waals surface area contributed by atoms with E-state index in [-0.39, 0.29) is 12.0 Å². The number of carbonyl (C=O) groups is 1. The topological polar surface area (TPSA) is 58.4 Å². The molecule has 0 amide bonds. The van der Waals surface area contributed by atoms with Crippen LogP contribution in [0.25, 0.3) is 0 Å². The lowest BCUT2D eigenvalue weighted by Gasteiger charge is -2.44. The van der Waals surface area contributed by atoms with Crippen molar-refractivity contribution in [3.05, 3.63) is 16.4 Å². The molecule has 118 valence electrons. The monoisotopic (exact) mass is 313 g/mol. The molecule has 0 unspecified atom stereocenters. The van der Waals surface area contributed by atoms with Gasteiger partial charge < -0.3 is 5.11 Å². The third kappa shape index (κ3) is 3.40. The maximum Gasteiger partial charge on any atom is 0.305 e. The summed E-state index contributed by atoms with van der Waals surface area (Å²) in [7, 11) is 3.84. The zero-order chi connectivity index (χ0) is 15.6. The van der Waals surface area contributed by atoms with Crippen molar-refractivity contribution in [2.24, 2.45) is 7.05 Å². The SMILES string of the molecule is Cc1nn(C)c(Cl)c1CN(C)C1(CC(=O)O)CCCCC1. The van der Waals surface area contributed by atoms with Gasteiger partial charge in [0.15, 0.2) is 0 Å². The number of carboxylic acids is 1. The number of hydrogen-bond donors (Lipinski definition) is 1. The van der Waals surface area contributed by atoms with Crippen molar-refractivity contribution in [1.82, 2.24) is 14.7 Å². The summed E-state index contributed by atoms with van der Waals surface area (Å²) in [6.07, 6.45) is 5.45. The average molecular weight is 314 g/mol. The number of rotatable bonds is 5. The molecule has 1 N–H and O–H groups in total. The predicted molar refractivity (Wildman–Crippen MR) is 82.5 cm³/mol. The zero-order valence-electron chi connectivity index (χ0n) is 13.0. The van der Waals surface area contributed by atoms with Crippen LogP contribution in [0.5, 0.6) is 0 Å². The third-order valence-corrected chi connectivity index (χ3v) is 5.21. The van der Waals surface area contributed by atoms with Gasteiger partial charge in [-0.2, -0.15) is 5.10 Å². The van der Waals surface area contributed by atoms with Crippen molar-refractivity contribution < 1.29 is 9.90 Å². The Hall–Kier alpha value is -1.07. The highest BCUT2D eigenvalue weighted by molar-refractivity contribution is 6.30. The van der Waals surface area contributed by atoms with Crippen LogP contribution < -0.4 is 0 Å². The lowest BCUT2D eigenvalue weighted by atomic mass is 9.78. The molecule has 0 aliphatic heterocycles. The molecule has 1 aliphatic carbocycles. The molecule has 0 radical (unpaired) electrons. The van der Waals surface area contributed by atoms with Crippen molar-refractivity contribution in [3.8, 4) is 0 Å². The van der Waals surface area contributed by atoms with Gasteiger partial charge in [-0.25, -0.2) is 0 Å². The number of halogens is 1. The smallest absolute Gasteiger partial charge is 0.305 e. The number of nitrogens with zero attached hydrogens (tertiary/aromatic N) is 3. The number of aryl methyl sites for hydroxylation is 2. The summed E-state index contributed by atoms with van der Waals surface area (Å²) in [6.45, 7) is 2.59. The molecule has 0 atom stereocenters. The van der Waals surface area contributed by atoms with Gasteiger partial charge in [0.25, 0.3) is 0 Å². The van der Waals surface area contributed by atoms with E-state index >= 15 is 0 Å². The molecule has 0 spiro atoms. The fraction of sp³-hybridized carbons (Fsp3) is 0.733. The Labute approximate surface area is 130 Å². The summed E-state index contributed by atoms with van der Waals surface area (Å²) >= 11 is 6.31. The summed E-state index contributed by atoms with van der Waals surface area (Å²) in [5.74, 6) is -0.724. The summed E-state index contributed by atoms with van der Waals surface area (Å²) in [4.78, 5) is 13.5. The van der Waals surface area contributed by atoms with Crippen molar-refractivity contribution in [2.75, 3.05) is 7.05 Å². The lowest BCUT2D eigenvalue weighted by Crippen LogP contribution is -2.49. The van der Waals surface area contributed by atoms with E-state index in [2.05, 4.69) is 10.00 Å². The van der Waals surface area contributed by atoms with E-state index in [1.165, 1.54) is 6.42 Å². The van der Waals surface area contributed by atoms with Gasteiger partial charge in [-0.05, 0) is 26.8 Å². The molecular weight excluding hydrogens is 290 g/mol. The molecule has 1 heterocycles. The van der Waals surface area contributed by atoms with E-state index in [4.69, 9.17) is 11.6 Å². The second-order valence-corrected chi connectivity index (χ2v) is 6.55. The Balaban J connectivity index is 2.22. The molecule has 6 heteroatoms. The molecular formula is C15H24ClN3O2. The van der Waals surface area contributed by atoms with Crippen LogP contribution in [-0.4, -0.2) is 38.3 Å². The molecule has 1 aromatic rings. The van der Waals surface area contributed by atoms with Crippen LogP contribution in [-0.2, 0) is 18.4 Å². The van der Waals surface area contributed by atoms with Gasteiger partial charge in [-0.15, -0.1) is 0 Å². The molecule has 0 bridgehead atoms. The van der Waals surface area contributed by atoms with Crippen molar-refractivity contribution in [3.63, 3.8) is 0 Å². The molecule has 5 nitrogen and oxygen atoms in total. The Morgan fingerprint density at radius 2 is 2.05 bits per heavy atom. The molecule has 1 fully saturated rings. The van der Waals surface area contributed by atoms with Crippen molar-refractivity contribution >= 4 is 17.6 Å². The third-order valence-electron chi connectivity index (χ3n) is 4.74. The van der Waals surface area contributed by atoms with Crippen LogP contribution >= 0.6 is 11.6 Å². The maximum absolute atomic E-state index is 11.3. The van der Waals surface area contributed by atoms with Gasteiger partial charge in [0, 0.05) is 24.7 Å². The van der Waals surface area contributed by atoms with Crippen LogP contribution in [0.2, 0.25) is 5.15 Å². The number of hydrogen-bond acceptors (Lipinski definition) is 3. The molecule has 0 saturated heterocycles. The molecule has 21 heavy (non-hydrogen) atoms. The minimum Gasteiger partial charge on any atom is -0.481 e. The predicted octanol–water partition coefficient (Wildman–Crippen LogP) is 2.99. The highest BCUT2D eigenvalue weighted by atomic mass is 35.5. The maximum atomic E-state index is 11.3. The first kappa shape index (κ1) is 16.3. The van der Waals surface area contributed by atoms with Crippen LogP contribution in [0.15, 0.2) is 0 Å². The van der Waals surface area contributed by atoms with Crippen molar-refractivity contribution in [1.29, 1.82) is 0 Å². The van der Waals surface area contributed by atoms with Gasteiger partial charge in [0.05, 0.1) is 12.1 Å². The van der Waals surface area contributed by atoms with E-state index in [1.54, 1.807) is 4.68 Å². The lowest BCUT2D eigenvalue weighted by molar-refractivity contribution is -0.141. The van der Waals surface area contributed by atoms with E-state index in [0.717, 1.165) is 36.9 Å². The minimum absolute atomic E-state index is 0.195. The Bertz CT molecular complexity index is 521. The number of carboxylic acid groups (broad SMARTS) is 1. The highest BCUT2D eigenvalue weighted by Crippen LogP contribution is 2.37. The summed E-state index contributed by atoms with van der Waals surface area (Å²) in [5, 5.41) is 14.3. The first-order valence-electron chi connectivity index (χ1n) is 7.47. The minimum atomic E-state index is -0.724. The van der Waals surface area contributed by atoms with E-state index in [0.29, 0.717) is 11.7 Å². The van der Waals surface area contributed by atoms with Gasteiger partial charge >= 0.3 is 5.97 Å². The van der Waals surface area contributed by atoms with Crippen LogP contribution in [0.1, 0.15) is 49.8 Å². The molecule has 1 aliphatic rings. The molecule has 2 rings (SSSR count). The van der Waals surface area contributed by atoms with E-state index in [9.17, 15) is 9.90 Å². The number of aliphatic carboxylic acids is 1. The summed E-state index contributed by atoms with van der Waals surface area (Å²) in [5.41, 5.74) is 1.66. The van der Waals surface area contributed by atoms with Crippen LogP contribution in [0.3, 0.4) is 0 Å². The molecule has 1 saturated carbocycles. The fourth-order valence-corrected chi connectivity index (χ4v) is 3.68. The first-order chi connectivity index (χ1) is 9.85. The first-order valence-corrected chi connectivity index (χ1v) is 7.84. The van der Waals surface area contributed by atoms with Crippen LogP contribution in [0, 0.1) is 6.92 Å². The molecule has 0 aromatic carbocycles. The largest absolute Gasteiger partial charge is 0.481 e. The van der Waals surface area contributed by atoms with Gasteiger partial charge in [-0.3, -0.25) is 14.4 Å². The average Bonchev–Trinajstić information content (AvgIpc) is 2.65. The summed E-state index contributed by atoms with van der Waals surface area (Å²) < 4.78 is 1.67. The highest BCUT2D eigenvalue weighted by Gasteiger charge is 2.38. The van der Waals surface area contributed by atoms with Gasteiger partial charge in [0.1, 0.15) is 5.15 Å². The zero-order valence-corrected chi connectivity index (χ0v) is 13.8. The second kappa shape index (κ2) is 6.36. The van der Waals surface area contributed by atoms with Gasteiger partial charge in [0.2, 0.25) is 0 Å². The second-order valence-electron chi connectivity index (χ2n) is 6.19. The van der Waals surface area contributed by atoms with Gasteiger partial charge in [-0.1, -0.05) is 30.9 Å². The quantitative estimate of drug-likeness (QED) is 0.908. The summed E-state index contributed by atoms with van der Waals surface area (Å²) in [6, 6.07) is 0. The van der Waals surface area contributed by atoms with Crippen LogP contribution in [0.4, 0.5) is 0 Å². The number of aromatic nitrogens is 2.